The number of amides is 3. The van der Waals surface area contributed by atoms with Crippen LogP contribution in [-0.2, 0) is 19.9 Å². The maximum atomic E-state index is 15.3. The van der Waals surface area contributed by atoms with Crippen LogP contribution in [0.25, 0.3) is 33.8 Å². The maximum Gasteiger partial charge on any atom is 0.410 e. The summed E-state index contributed by atoms with van der Waals surface area (Å²) in [6.07, 6.45) is 8.27. The van der Waals surface area contributed by atoms with Gasteiger partial charge in [-0.3, -0.25) is 24.7 Å². The number of hydrogen-bond donors (Lipinski definition) is 3. The standard InChI is InChI=1S/C45H54F2N14O6/c1-45(2,3)61-42-35(40(48)51-24-52-42)36(55-61)37-34(39(67-56-37)25-4-5-25)41-49-20-28(21-50-41)66-29-22-60(23-29)44(64)65-17-16-57-10-8-27(9-11-57)58-12-14-59(15-13-58)38-30(46)18-26(19-31(38)47)53-32-6-7-33(62)54-43(32)63/h18-21,24-25,27,29,32,53H,4-17,22-23H2,1-3H3,(H2,48,51,52)(H,54,62,63). The fourth-order valence-corrected chi connectivity index (χ4v) is 9.43. The van der Waals surface area contributed by atoms with Gasteiger partial charge in [-0.1, -0.05) is 5.16 Å². The van der Waals surface area contributed by atoms with E-state index in [1.807, 2.05) is 25.5 Å². The Kier molecular flexibility index (Phi) is 11.8. The van der Waals surface area contributed by atoms with Crippen LogP contribution in [0.1, 0.15) is 71.0 Å². The molecule has 20 nitrogen and oxygen atoms in total. The number of rotatable bonds is 12. The fraction of sp³-hybridized carbons (Fsp3) is 0.533. The monoisotopic (exact) mass is 924 g/mol. The van der Waals surface area contributed by atoms with Crippen LogP contribution >= 0.6 is 0 Å². The van der Waals surface area contributed by atoms with Crippen molar-refractivity contribution in [3.8, 4) is 28.5 Å². The van der Waals surface area contributed by atoms with Crippen LogP contribution < -0.4 is 26.0 Å². The third kappa shape index (κ3) is 9.15. The largest absolute Gasteiger partial charge is 0.483 e. The first-order chi connectivity index (χ1) is 32.3. The van der Waals surface area contributed by atoms with Crippen molar-refractivity contribution >= 4 is 46.1 Å². The molecule has 4 aliphatic heterocycles. The van der Waals surface area contributed by atoms with E-state index in [0.717, 1.165) is 38.8 Å². The SMILES string of the molecule is CC(C)(C)n1nc(-c2noc(C3CC3)c2-c2ncc(OC3CN(C(=O)OCCN4CCC(N5CCN(c6c(F)cc(NC7CCC(=O)NC7=O)cc6F)CC5)CC4)C3)cn2)c2c(N)ncnc21. The molecule has 1 saturated carbocycles. The summed E-state index contributed by atoms with van der Waals surface area (Å²) in [5, 5.41) is 15.1. The van der Waals surface area contributed by atoms with E-state index < -0.39 is 29.1 Å². The summed E-state index contributed by atoms with van der Waals surface area (Å²) in [5.41, 5.74) is 8.27. The number of hydrogen-bond acceptors (Lipinski definition) is 17. The summed E-state index contributed by atoms with van der Waals surface area (Å²) in [6.45, 7) is 11.8. The summed E-state index contributed by atoms with van der Waals surface area (Å²) < 4.78 is 50.0. The molecule has 5 aliphatic rings. The highest BCUT2D eigenvalue weighted by Gasteiger charge is 2.38. The van der Waals surface area contributed by atoms with Gasteiger partial charge in [0, 0.05) is 56.8 Å². The number of piperazine rings is 1. The molecule has 5 aromatic rings. The van der Waals surface area contributed by atoms with Crippen LogP contribution in [0.5, 0.6) is 5.75 Å². The molecule has 0 spiro atoms. The Bertz CT molecular complexity index is 2640. The number of likely N-dealkylation sites (tertiary alicyclic amines) is 2. The summed E-state index contributed by atoms with van der Waals surface area (Å²) in [4.78, 5) is 62.5. The average Bonchev–Trinajstić information content (AvgIpc) is 3.90. The lowest BCUT2D eigenvalue weighted by Crippen LogP contribution is -2.56. The number of nitrogen functional groups attached to an aromatic ring is 1. The van der Waals surface area contributed by atoms with Crippen molar-refractivity contribution in [2.24, 2.45) is 0 Å². The molecule has 0 bridgehead atoms. The lowest BCUT2D eigenvalue weighted by Gasteiger charge is -2.43. The van der Waals surface area contributed by atoms with Crippen molar-refractivity contribution in [3.05, 3.63) is 48.2 Å². The molecule has 67 heavy (non-hydrogen) atoms. The van der Waals surface area contributed by atoms with Gasteiger partial charge < -0.3 is 34.8 Å². The smallest absolute Gasteiger partial charge is 0.410 e. The number of carbonyl (C=O) groups is 3. The Balaban J connectivity index is 0.657. The quantitative estimate of drug-likeness (QED) is 0.149. The van der Waals surface area contributed by atoms with Crippen molar-refractivity contribution in [3.63, 3.8) is 0 Å². The van der Waals surface area contributed by atoms with E-state index >= 15 is 8.78 Å². The normalized spacial score (nSPS) is 20.3. The van der Waals surface area contributed by atoms with Crippen LogP contribution in [0.3, 0.4) is 0 Å². The molecular weight excluding hydrogens is 871 g/mol. The second-order valence-electron chi connectivity index (χ2n) is 19.0. The third-order valence-electron chi connectivity index (χ3n) is 13.2. The van der Waals surface area contributed by atoms with E-state index in [9.17, 15) is 14.4 Å². The Morgan fingerprint density at radius 1 is 0.940 bits per heavy atom. The summed E-state index contributed by atoms with van der Waals surface area (Å²) >= 11 is 0. The fourth-order valence-electron chi connectivity index (χ4n) is 9.43. The summed E-state index contributed by atoms with van der Waals surface area (Å²) in [5.74, 6) is -0.185. The lowest BCUT2D eigenvalue weighted by atomic mass is 10.0. The molecule has 5 fully saturated rings. The zero-order chi connectivity index (χ0) is 46.6. The van der Waals surface area contributed by atoms with E-state index in [1.165, 1.54) is 18.5 Å². The van der Waals surface area contributed by atoms with Crippen LogP contribution in [0, 0.1) is 11.6 Å². The van der Waals surface area contributed by atoms with E-state index in [0.29, 0.717) is 97.2 Å². The molecule has 1 atom stereocenters. The Hall–Kier alpha value is -6.55. The van der Waals surface area contributed by atoms with Gasteiger partial charge in [-0.05, 0) is 78.1 Å². The highest BCUT2D eigenvalue weighted by Crippen LogP contribution is 2.48. The van der Waals surface area contributed by atoms with Gasteiger partial charge in [0.1, 0.15) is 48.0 Å². The van der Waals surface area contributed by atoms with Crippen molar-refractivity contribution in [1.29, 1.82) is 0 Å². The third-order valence-corrected chi connectivity index (χ3v) is 13.2. The van der Waals surface area contributed by atoms with Crippen molar-refractivity contribution in [2.75, 3.05) is 81.5 Å². The van der Waals surface area contributed by atoms with E-state index in [1.54, 1.807) is 22.2 Å². The number of nitrogens with one attached hydrogen (secondary N) is 2. The van der Waals surface area contributed by atoms with Crippen LogP contribution in [0.4, 0.5) is 30.8 Å². The number of imide groups is 1. The molecule has 22 heteroatoms. The van der Waals surface area contributed by atoms with Gasteiger partial charge in [0.05, 0.1) is 42.0 Å². The van der Waals surface area contributed by atoms with E-state index in [2.05, 4.69) is 45.5 Å². The Morgan fingerprint density at radius 3 is 2.33 bits per heavy atom. The molecule has 8 heterocycles. The van der Waals surface area contributed by atoms with E-state index in [4.69, 9.17) is 24.8 Å². The maximum absolute atomic E-state index is 15.3. The van der Waals surface area contributed by atoms with Gasteiger partial charge >= 0.3 is 6.09 Å². The topological polar surface area (TPSA) is 228 Å². The molecule has 4 N–H and O–H groups in total. The second kappa shape index (κ2) is 17.9. The molecule has 1 aliphatic carbocycles. The van der Waals surface area contributed by atoms with Gasteiger partial charge in [-0.25, -0.2) is 38.2 Å². The number of piperidine rings is 2. The van der Waals surface area contributed by atoms with Crippen molar-refractivity contribution in [1.82, 2.24) is 54.9 Å². The van der Waals surface area contributed by atoms with Gasteiger partial charge in [-0.15, -0.1) is 0 Å². The number of nitrogens with two attached hydrogens (primary N) is 1. The minimum atomic E-state index is -0.733. The first-order valence-electron chi connectivity index (χ1n) is 23.0. The number of benzene rings is 1. The van der Waals surface area contributed by atoms with Gasteiger partial charge in [0.15, 0.2) is 34.6 Å². The summed E-state index contributed by atoms with van der Waals surface area (Å²) in [7, 11) is 0. The molecule has 354 valence electrons. The molecule has 4 saturated heterocycles. The number of fused-ring (bicyclic) bond motifs is 1. The number of carbonyl (C=O) groups excluding carboxylic acids is 3. The predicted molar refractivity (Wildman–Crippen MR) is 240 cm³/mol. The number of halogens is 2. The minimum Gasteiger partial charge on any atom is -0.483 e. The molecular formula is C45H54F2N14O6. The molecule has 3 amide bonds. The highest BCUT2D eigenvalue weighted by molar-refractivity contribution is 6.02. The molecule has 1 unspecified atom stereocenters. The van der Waals surface area contributed by atoms with Crippen molar-refractivity contribution < 1.29 is 37.2 Å². The van der Waals surface area contributed by atoms with Gasteiger partial charge in [0.2, 0.25) is 11.8 Å². The average molecular weight is 925 g/mol. The molecule has 0 radical (unpaired) electrons. The number of nitrogens with zero attached hydrogens (tertiary/aromatic N) is 11. The summed E-state index contributed by atoms with van der Waals surface area (Å²) in [6, 6.07) is 2.03. The Labute approximate surface area is 384 Å². The van der Waals surface area contributed by atoms with Crippen LogP contribution in [0.15, 0.2) is 35.4 Å². The Morgan fingerprint density at radius 2 is 1.66 bits per heavy atom. The molecule has 4 aromatic heterocycles. The predicted octanol–water partition coefficient (Wildman–Crippen LogP) is 4.13. The highest BCUT2D eigenvalue weighted by atomic mass is 19.1. The van der Waals surface area contributed by atoms with Gasteiger partial charge in [-0.2, -0.15) is 5.10 Å². The van der Waals surface area contributed by atoms with Crippen molar-refractivity contribution in [2.45, 2.75) is 88.9 Å². The minimum absolute atomic E-state index is 0.0699. The zero-order valence-corrected chi connectivity index (χ0v) is 37.7. The zero-order valence-electron chi connectivity index (χ0n) is 37.7. The number of ether oxygens (including phenoxy) is 2. The molecule has 10 rings (SSSR count). The van der Waals surface area contributed by atoms with Gasteiger partial charge in [0.25, 0.3) is 0 Å². The first-order valence-corrected chi connectivity index (χ1v) is 23.0. The molecule has 1 aromatic carbocycles. The number of anilines is 3. The number of aromatic nitrogens is 7. The van der Waals surface area contributed by atoms with E-state index in [-0.39, 0.29) is 60.7 Å². The second-order valence-corrected chi connectivity index (χ2v) is 19.0. The lowest BCUT2D eigenvalue weighted by molar-refractivity contribution is -0.133. The van der Waals surface area contributed by atoms with Crippen LogP contribution in [0.2, 0.25) is 0 Å². The van der Waals surface area contributed by atoms with Crippen LogP contribution in [-0.4, -0.2) is 151 Å². The first kappa shape index (κ1) is 44.3.